The predicted molar refractivity (Wildman–Crippen MR) is 122 cm³/mol. The molecule has 0 saturated carbocycles. The summed E-state index contributed by atoms with van der Waals surface area (Å²) in [5.41, 5.74) is 0.684. The van der Waals surface area contributed by atoms with E-state index in [1.165, 1.54) is 10.9 Å². The van der Waals surface area contributed by atoms with Gasteiger partial charge in [0, 0.05) is 43.8 Å². The van der Waals surface area contributed by atoms with Crippen LogP contribution in [0.2, 0.25) is 0 Å². The lowest BCUT2D eigenvalue weighted by Crippen LogP contribution is -2.52. The number of halogens is 2. The lowest BCUT2D eigenvalue weighted by molar-refractivity contribution is 0.370. The SMILES string of the molecule is CCNC(=NCc1ncc(CC)s1)N1CCN(c2ccccc2F)CC1.I. The zero-order valence-electron chi connectivity index (χ0n) is 15.8. The van der Waals surface area contributed by atoms with E-state index < -0.39 is 0 Å². The second kappa shape index (κ2) is 10.8. The number of anilines is 1. The second-order valence-electron chi connectivity index (χ2n) is 6.17. The summed E-state index contributed by atoms with van der Waals surface area (Å²) < 4.78 is 14.0. The minimum Gasteiger partial charge on any atom is -0.366 e. The Bertz CT molecular complexity index is 743. The molecule has 0 atom stereocenters. The number of benzene rings is 1. The molecular weight excluding hydrogens is 476 g/mol. The van der Waals surface area contributed by atoms with Crippen LogP contribution in [0.25, 0.3) is 0 Å². The molecule has 1 aliphatic heterocycles. The van der Waals surface area contributed by atoms with Gasteiger partial charge in [-0.15, -0.1) is 35.3 Å². The van der Waals surface area contributed by atoms with Crippen molar-refractivity contribution in [3.63, 3.8) is 0 Å². The molecule has 3 rings (SSSR count). The first-order chi connectivity index (χ1) is 12.7. The number of aryl methyl sites for hydroxylation is 1. The Morgan fingerprint density at radius 1 is 1.22 bits per heavy atom. The molecule has 1 aromatic heterocycles. The summed E-state index contributed by atoms with van der Waals surface area (Å²) in [5, 5.41) is 4.41. The number of aliphatic imine (C=N–C) groups is 1. The van der Waals surface area contributed by atoms with Crippen molar-refractivity contribution in [3.8, 4) is 0 Å². The number of para-hydroxylation sites is 1. The summed E-state index contributed by atoms with van der Waals surface area (Å²) in [6.07, 6.45) is 2.95. The van der Waals surface area contributed by atoms with E-state index in [0.717, 1.165) is 50.1 Å². The summed E-state index contributed by atoms with van der Waals surface area (Å²) in [5.74, 6) is 0.756. The molecule has 1 fully saturated rings. The molecule has 8 heteroatoms. The second-order valence-corrected chi connectivity index (χ2v) is 7.37. The largest absolute Gasteiger partial charge is 0.366 e. The van der Waals surface area contributed by atoms with Crippen molar-refractivity contribution in [2.45, 2.75) is 26.8 Å². The van der Waals surface area contributed by atoms with E-state index in [0.29, 0.717) is 12.2 Å². The molecule has 0 unspecified atom stereocenters. The molecule has 2 heterocycles. The fourth-order valence-corrected chi connectivity index (χ4v) is 3.81. The molecule has 1 aliphatic rings. The van der Waals surface area contributed by atoms with Crippen LogP contribution >= 0.6 is 35.3 Å². The summed E-state index contributed by atoms with van der Waals surface area (Å²) in [4.78, 5) is 14.8. The third kappa shape index (κ3) is 5.78. The average Bonchev–Trinajstić information content (AvgIpc) is 3.14. The van der Waals surface area contributed by atoms with Crippen LogP contribution in [0.4, 0.5) is 10.1 Å². The van der Waals surface area contributed by atoms with Gasteiger partial charge in [-0.3, -0.25) is 0 Å². The van der Waals surface area contributed by atoms with Crippen molar-refractivity contribution in [3.05, 3.63) is 46.2 Å². The molecule has 1 N–H and O–H groups in total. The number of hydrogen-bond acceptors (Lipinski definition) is 4. The minimum absolute atomic E-state index is 0. The van der Waals surface area contributed by atoms with E-state index in [4.69, 9.17) is 4.99 Å². The average molecular weight is 503 g/mol. The van der Waals surface area contributed by atoms with Crippen molar-refractivity contribution in [2.75, 3.05) is 37.6 Å². The first-order valence-electron chi connectivity index (χ1n) is 9.17. The van der Waals surface area contributed by atoms with Gasteiger partial charge in [-0.2, -0.15) is 0 Å². The van der Waals surface area contributed by atoms with Crippen LogP contribution < -0.4 is 10.2 Å². The van der Waals surface area contributed by atoms with E-state index in [2.05, 4.69) is 33.9 Å². The van der Waals surface area contributed by atoms with Gasteiger partial charge in [0.05, 0.1) is 12.2 Å². The van der Waals surface area contributed by atoms with Crippen LogP contribution in [0, 0.1) is 5.82 Å². The van der Waals surface area contributed by atoms with Crippen molar-refractivity contribution >= 4 is 47.0 Å². The Morgan fingerprint density at radius 2 is 1.96 bits per heavy atom. The van der Waals surface area contributed by atoms with Gasteiger partial charge >= 0.3 is 0 Å². The van der Waals surface area contributed by atoms with E-state index in [9.17, 15) is 4.39 Å². The lowest BCUT2D eigenvalue weighted by Gasteiger charge is -2.37. The van der Waals surface area contributed by atoms with Gasteiger partial charge in [-0.25, -0.2) is 14.4 Å². The maximum atomic E-state index is 14.0. The van der Waals surface area contributed by atoms with E-state index in [1.54, 1.807) is 17.4 Å². The van der Waals surface area contributed by atoms with Crippen molar-refractivity contribution in [2.24, 2.45) is 4.99 Å². The van der Waals surface area contributed by atoms with E-state index in [-0.39, 0.29) is 29.8 Å². The number of nitrogens with one attached hydrogen (secondary N) is 1. The predicted octanol–water partition coefficient (Wildman–Crippen LogP) is 3.75. The van der Waals surface area contributed by atoms with Crippen LogP contribution in [0.15, 0.2) is 35.5 Å². The van der Waals surface area contributed by atoms with E-state index >= 15 is 0 Å². The highest BCUT2D eigenvalue weighted by Gasteiger charge is 2.21. The van der Waals surface area contributed by atoms with Crippen molar-refractivity contribution in [1.29, 1.82) is 0 Å². The summed E-state index contributed by atoms with van der Waals surface area (Å²) in [6.45, 7) is 8.83. The number of aromatic nitrogens is 1. The minimum atomic E-state index is -0.156. The molecule has 0 radical (unpaired) electrons. The number of hydrogen-bond donors (Lipinski definition) is 1. The van der Waals surface area contributed by atoms with Crippen LogP contribution in [0.3, 0.4) is 0 Å². The third-order valence-electron chi connectivity index (χ3n) is 4.42. The van der Waals surface area contributed by atoms with Gasteiger partial charge in [0.1, 0.15) is 10.8 Å². The van der Waals surface area contributed by atoms with Crippen LogP contribution in [-0.2, 0) is 13.0 Å². The van der Waals surface area contributed by atoms with Gasteiger partial charge in [0.2, 0.25) is 0 Å². The Hall–Kier alpha value is -1.42. The fraction of sp³-hybridized carbons (Fsp3) is 0.474. The monoisotopic (exact) mass is 503 g/mol. The molecular formula is C19H27FIN5S. The molecule has 0 amide bonds. The molecule has 27 heavy (non-hydrogen) atoms. The highest BCUT2D eigenvalue weighted by molar-refractivity contribution is 14.0. The fourth-order valence-electron chi connectivity index (χ4n) is 3.02. The number of nitrogens with zero attached hydrogens (tertiary/aromatic N) is 4. The third-order valence-corrected chi connectivity index (χ3v) is 5.55. The molecule has 1 saturated heterocycles. The molecule has 5 nitrogen and oxygen atoms in total. The van der Waals surface area contributed by atoms with Crippen LogP contribution in [0.1, 0.15) is 23.7 Å². The Balaban J connectivity index is 0.00000261. The molecule has 148 valence electrons. The van der Waals surface area contributed by atoms with Crippen molar-refractivity contribution in [1.82, 2.24) is 15.2 Å². The summed E-state index contributed by atoms with van der Waals surface area (Å²) >= 11 is 1.72. The quantitative estimate of drug-likeness (QED) is 0.384. The molecule has 2 aromatic rings. The first-order valence-corrected chi connectivity index (χ1v) is 9.99. The Kier molecular flexibility index (Phi) is 8.75. The number of guanidine groups is 1. The topological polar surface area (TPSA) is 43.8 Å². The Labute approximate surface area is 181 Å². The lowest BCUT2D eigenvalue weighted by atomic mass is 10.2. The Morgan fingerprint density at radius 3 is 2.59 bits per heavy atom. The van der Waals surface area contributed by atoms with Gasteiger partial charge in [0.15, 0.2) is 5.96 Å². The smallest absolute Gasteiger partial charge is 0.194 e. The van der Waals surface area contributed by atoms with E-state index in [1.807, 2.05) is 18.3 Å². The maximum absolute atomic E-state index is 14.0. The van der Waals surface area contributed by atoms with Crippen LogP contribution in [-0.4, -0.2) is 48.6 Å². The zero-order chi connectivity index (χ0) is 18.4. The summed E-state index contributed by atoms with van der Waals surface area (Å²) in [6, 6.07) is 6.98. The molecule has 0 aliphatic carbocycles. The van der Waals surface area contributed by atoms with Crippen LogP contribution in [0.5, 0.6) is 0 Å². The standard InChI is InChI=1S/C19H26FN5S.HI/c1-3-15-13-22-18(26-15)14-23-19(21-4-2)25-11-9-24(10-12-25)17-8-6-5-7-16(17)20;/h5-8,13H,3-4,9-12,14H2,1-2H3,(H,21,23);1H. The summed E-state index contributed by atoms with van der Waals surface area (Å²) in [7, 11) is 0. The molecule has 1 aromatic carbocycles. The van der Waals surface area contributed by atoms with Gasteiger partial charge in [-0.05, 0) is 25.5 Å². The number of thiazole rings is 1. The number of piperazine rings is 1. The number of rotatable bonds is 5. The zero-order valence-corrected chi connectivity index (χ0v) is 19.0. The molecule has 0 spiro atoms. The molecule has 0 bridgehead atoms. The highest BCUT2D eigenvalue weighted by Crippen LogP contribution is 2.20. The van der Waals surface area contributed by atoms with Gasteiger partial charge in [-0.1, -0.05) is 19.1 Å². The highest BCUT2D eigenvalue weighted by atomic mass is 127. The van der Waals surface area contributed by atoms with Crippen molar-refractivity contribution < 1.29 is 4.39 Å². The first kappa shape index (κ1) is 21.9. The maximum Gasteiger partial charge on any atom is 0.194 e. The van der Waals surface area contributed by atoms with Gasteiger partial charge in [0.25, 0.3) is 0 Å². The van der Waals surface area contributed by atoms with Gasteiger partial charge < -0.3 is 15.1 Å². The normalized spacial score (nSPS) is 14.9.